The van der Waals surface area contributed by atoms with Gasteiger partial charge in [0, 0.05) is 11.1 Å². The van der Waals surface area contributed by atoms with Crippen molar-refractivity contribution >= 4 is 51.3 Å². The molecule has 0 aliphatic carbocycles. The third-order valence-corrected chi connectivity index (χ3v) is 5.87. The van der Waals surface area contributed by atoms with Crippen LogP contribution in [0.2, 0.25) is 0 Å². The number of rotatable bonds is 5. The smallest absolute Gasteiger partial charge is 0.253 e. The second-order valence-electron chi connectivity index (χ2n) is 5.06. The average Bonchev–Trinajstić information content (AvgIpc) is 3.32. The first-order valence-corrected chi connectivity index (χ1v) is 10.0. The number of thiazole rings is 1. The molecule has 0 aliphatic rings. The van der Waals surface area contributed by atoms with E-state index in [0.29, 0.717) is 10.9 Å². The van der Waals surface area contributed by atoms with Gasteiger partial charge in [-0.3, -0.25) is 4.79 Å². The molecule has 0 fully saturated rings. The van der Waals surface area contributed by atoms with E-state index in [0.717, 1.165) is 21.3 Å². The Kier molecular flexibility index (Phi) is 4.47. The Labute approximate surface area is 155 Å². The number of anilines is 1. The summed E-state index contributed by atoms with van der Waals surface area (Å²) in [5, 5.41) is 12.4. The Morgan fingerprint density at radius 2 is 2.28 bits per heavy atom. The van der Waals surface area contributed by atoms with E-state index >= 15 is 0 Å². The minimum atomic E-state index is -0.111. The lowest BCUT2D eigenvalue weighted by Gasteiger charge is -2.05. The van der Waals surface area contributed by atoms with Gasteiger partial charge in [-0.05, 0) is 24.4 Å². The van der Waals surface area contributed by atoms with E-state index in [-0.39, 0.29) is 11.7 Å². The highest BCUT2D eigenvalue weighted by Gasteiger charge is 2.11. The largest absolute Gasteiger partial charge is 0.301 e. The van der Waals surface area contributed by atoms with Crippen molar-refractivity contribution in [2.45, 2.75) is 11.9 Å². The van der Waals surface area contributed by atoms with Gasteiger partial charge in [-0.1, -0.05) is 17.8 Å². The molecule has 0 saturated heterocycles. The second-order valence-corrected chi connectivity index (χ2v) is 7.86. The van der Waals surface area contributed by atoms with Gasteiger partial charge in [-0.25, -0.2) is 9.97 Å². The van der Waals surface area contributed by atoms with Crippen LogP contribution in [-0.4, -0.2) is 36.2 Å². The molecular formula is C15H12N6OS3. The Balaban J connectivity index is 1.41. The van der Waals surface area contributed by atoms with Crippen LogP contribution in [0.1, 0.15) is 5.69 Å². The maximum absolute atomic E-state index is 12.2. The lowest BCUT2D eigenvalue weighted by molar-refractivity contribution is -0.113. The minimum Gasteiger partial charge on any atom is -0.301 e. The van der Waals surface area contributed by atoms with E-state index in [1.165, 1.54) is 29.4 Å². The fourth-order valence-electron chi connectivity index (χ4n) is 2.16. The number of thioether (sulfide) groups is 1. The van der Waals surface area contributed by atoms with E-state index in [2.05, 4.69) is 25.4 Å². The van der Waals surface area contributed by atoms with Crippen molar-refractivity contribution in [2.24, 2.45) is 0 Å². The van der Waals surface area contributed by atoms with Gasteiger partial charge in [0.2, 0.25) is 5.91 Å². The fourth-order valence-corrected chi connectivity index (χ4v) is 4.51. The number of hydrogen-bond donors (Lipinski definition) is 1. The third-order valence-electron chi connectivity index (χ3n) is 3.22. The summed E-state index contributed by atoms with van der Waals surface area (Å²) in [6, 6.07) is 5.88. The number of hydrogen-bond acceptors (Lipinski definition) is 8. The highest BCUT2D eigenvalue weighted by molar-refractivity contribution is 7.99. The topological polar surface area (TPSA) is 85.1 Å². The predicted molar refractivity (Wildman–Crippen MR) is 100 cm³/mol. The van der Waals surface area contributed by atoms with Crippen molar-refractivity contribution in [3.05, 3.63) is 41.0 Å². The van der Waals surface area contributed by atoms with Crippen LogP contribution in [0.15, 0.2) is 40.3 Å². The maximum Gasteiger partial charge on any atom is 0.253 e. The molecule has 0 atom stereocenters. The van der Waals surface area contributed by atoms with Crippen LogP contribution in [0.4, 0.5) is 5.13 Å². The first-order valence-electron chi connectivity index (χ1n) is 7.28. The van der Waals surface area contributed by atoms with E-state index in [1.807, 2.05) is 35.9 Å². The van der Waals surface area contributed by atoms with Gasteiger partial charge in [0.1, 0.15) is 11.4 Å². The van der Waals surface area contributed by atoms with E-state index in [4.69, 9.17) is 0 Å². The van der Waals surface area contributed by atoms with E-state index in [1.54, 1.807) is 15.9 Å². The lowest BCUT2D eigenvalue weighted by Crippen LogP contribution is -2.14. The van der Waals surface area contributed by atoms with Crippen molar-refractivity contribution in [3.63, 3.8) is 0 Å². The average molecular weight is 389 g/mol. The molecule has 126 valence electrons. The zero-order chi connectivity index (χ0) is 17.2. The fraction of sp³-hybridized carbons (Fsp3) is 0.133. The molecule has 10 heteroatoms. The third kappa shape index (κ3) is 3.55. The Morgan fingerprint density at radius 1 is 1.36 bits per heavy atom. The molecule has 25 heavy (non-hydrogen) atoms. The number of amides is 1. The SMILES string of the molecule is Cc1cc(SCC(=O)Nc2nc(-c3cccs3)cs2)n2ncnc2n1. The lowest BCUT2D eigenvalue weighted by atomic mass is 10.4. The summed E-state index contributed by atoms with van der Waals surface area (Å²) in [4.78, 5) is 26.1. The summed E-state index contributed by atoms with van der Waals surface area (Å²) in [6.45, 7) is 1.89. The molecule has 4 rings (SSSR count). The Morgan fingerprint density at radius 3 is 3.12 bits per heavy atom. The van der Waals surface area contributed by atoms with Gasteiger partial charge in [0.05, 0.1) is 16.3 Å². The molecule has 1 N–H and O–H groups in total. The Bertz CT molecular complexity index is 1020. The minimum absolute atomic E-state index is 0.111. The van der Waals surface area contributed by atoms with Gasteiger partial charge in [-0.2, -0.15) is 14.6 Å². The zero-order valence-electron chi connectivity index (χ0n) is 13.0. The summed E-state index contributed by atoms with van der Waals surface area (Å²) in [7, 11) is 0. The van der Waals surface area contributed by atoms with Crippen molar-refractivity contribution < 1.29 is 4.79 Å². The maximum atomic E-state index is 12.2. The molecule has 4 heterocycles. The van der Waals surface area contributed by atoms with E-state index in [9.17, 15) is 4.79 Å². The van der Waals surface area contributed by atoms with Gasteiger partial charge in [0.15, 0.2) is 5.13 Å². The monoisotopic (exact) mass is 388 g/mol. The molecule has 0 aliphatic heterocycles. The zero-order valence-corrected chi connectivity index (χ0v) is 15.5. The first kappa shape index (κ1) is 16.2. The molecule has 4 aromatic rings. The number of carbonyl (C=O) groups is 1. The second kappa shape index (κ2) is 6.90. The van der Waals surface area contributed by atoms with Gasteiger partial charge in [-0.15, -0.1) is 22.7 Å². The van der Waals surface area contributed by atoms with Gasteiger partial charge in [0.25, 0.3) is 5.78 Å². The summed E-state index contributed by atoms with van der Waals surface area (Å²) in [5.74, 6) is 0.676. The van der Waals surface area contributed by atoms with Crippen LogP contribution in [0.25, 0.3) is 16.3 Å². The molecular weight excluding hydrogens is 376 g/mol. The normalized spacial score (nSPS) is 11.1. The summed E-state index contributed by atoms with van der Waals surface area (Å²) >= 11 is 4.43. The quantitative estimate of drug-likeness (QED) is 0.417. The molecule has 0 spiro atoms. The molecule has 7 nitrogen and oxygen atoms in total. The molecule has 4 aromatic heterocycles. The molecule has 0 radical (unpaired) electrons. The van der Waals surface area contributed by atoms with Crippen LogP contribution in [0.3, 0.4) is 0 Å². The van der Waals surface area contributed by atoms with Crippen molar-refractivity contribution in [1.82, 2.24) is 24.6 Å². The molecule has 0 unspecified atom stereocenters. The number of fused-ring (bicyclic) bond motifs is 1. The predicted octanol–water partition coefficient (Wildman–Crippen LogP) is 3.35. The number of thiophene rings is 1. The standard InChI is InChI=1S/C15H12N6OS3/c1-9-5-13(21-14(18-9)16-8-17-21)24-7-12(22)20-15-19-10(6-25-15)11-3-2-4-23-11/h2-6,8H,7H2,1H3,(H,19,20,22). The summed E-state index contributed by atoms with van der Waals surface area (Å²) in [6.07, 6.45) is 1.45. The van der Waals surface area contributed by atoms with Crippen LogP contribution >= 0.6 is 34.4 Å². The van der Waals surface area contributed by atoms with Crippen LogP contribution in [0, 0.1) is 6.92 Å². The number of nitrogens with zero attached hydrogens (tertiary/aromatic N) is 5. The number of aryl methyl sites for hydroxylation is 1. The van der Waals surface area contributed by atoms with Crippen LogP contribution < -0.4 is 5.32 Å². The van der Waals surface area contributed by atoms with Crippen molar-refractivity contribution in [2.75, 3.05) is 11.1 Å². The number of nitrogens with one attached hydrogen (secondary N) is 1. The Hall–Kier alpha value is -2.30. The number of carbonyl (C=O) groups excluding carboxylic acids is 1. The molecule has 0 saturated carbocycles. The van der Waals surface area contributed by atoms with Crippen LogP contribution in [-0.2, 0) is 4.79 Å². The van der Waals surface area contributed by atoms with Crippen molar-refractivity contribution in [3.8, 4) is 10.6 Å². The highest BCUT2D eigenvalue weighted by atomic mass is 32.2. The summed E-state index contributed by atoms with van der Waals surface area (Å²) in [5.41, 5.74) is 1.72. The number of aromatic nitrogens is 5. The highest BCUT2D eigenvalue weighted by Crippen LogP contribution is 2.28. The first-order chi connectivity index (χ1) is 12.2. The molecule has 1 amide bonds. The van der Waals surface area contributed by atoms with E-state index < -0.39 is 0 Å². The van der Waals surface area contributed by atoms with Gasteiger partial charge >= 0.3 is 0 Å². The van der Waals surface area contributed by atoms with Crippen LogP contribution in [0.5, 0.6) is 0 Å². The molecule has 0 bridgehead atoms. The molecule has 0 aromatic carbocycles. The summed E-state index contributed by atoms with van der Waals surface area (Å²) < 4.78 is 1.63. The van der Waals surface area contributed by atoms with Crippen molar-refractivity contribution in [1.29, 1.82) is 0 Å². The van der Waals surface area contributed by atoms with Gasteiger partial charge < -0.3 is 5.32 Å².